The summed E-state index contributed by atoms with van der Waals surface area (Å²) >= 11 is 0. The van der Waals surface area contributed by atoms with E-state index in [2.05, 4.69) is 11.8 Å². The van der Waals surface area contributed by atoms with Crippen molar-refractivity contribution < 1.29 is 9.90 Å². The summed E-state index contributed by atoms with van der Waals surface area (Å²) in [7, 11) is 0. The van der Waals surface area contributed by atoms with Crippen LogP contribution in [0.2, 0.25) is 0 Å². The number of piperidine rings is 1. The van der Waals surface area contributed by atoms with Crippen molar-refractivity contribution in [3.63, 3.8) is 0 Å². The third kappa shape index (κ3) is 2.27. The van der Waals surface area contributed by atoms with E-state index in [0.717, 1.165) is 25.6 Å². The Balaban J connectivity index is 1.83. The molecule has 2 atom stereocenters. The molecule has 0 amide bonds. The molecule has 0 aromatic heterocycles. The van der Waals surface area contributed by atoms with Crippen LogP contribution >= 0.6 is 0 Å². The summed E-state index contributed by atoms with van der Waals surface area (Å²) in [4.78, 5) is 13.2. The molecule has 0 radical (unpaired) electrons. The third-order valence-corrected chi connectivity index (χ3v) is 3.61. The smallest absolute Gasteiger partial charge is 0.303 e. The number of rotatable bonds is 3. The Morgan fingerprint density at radius 3 is 2.64 bits per heavy atom. The fourth-order valence-electron chi connectivity index (χ4n) is 2.53. The molecule has 80 valence electrons. The summed E-state index contributed by atoms with van der Waals surface area (Å²) in [5, 5.41) is 8.76. The first-order valence-electron chi connectivity index (χ1n) is 5.62. The molecule has 2 fully saturated rings. The Labute approximate surface area is 85.1 Å². The van der Waals surface area contributed by atoms with E-state index in [1.165, 1.54) is 12.8 Å². The summed E-state index contributed by atoms with van der Waals surface area (Å²) < 4.78 is 0. The molecule has 1 N–H and O–H groups in total. The average Bonchev–Trinajstić information content (AvgIpc) is 2.90. The van der Waals surface area contributed by atoms with Crippen molar-refractivity contribution in [2.45, 2.75) is 38.6 Å². The zero-order valence-electron chi connectivity index (χ0n) is 8.78. The second-order valence-electron chi connectivity index (χ2n) is 4.85. The van der Waals surface area contributed by atoms with Gasteiger partial charge in [-0.25, -0.2) is 0 Å². The van der Waals surface area contributed by atoms with Crippen molar-refractivity contribution in [3.05, 3.63) is 0 Å². The van der Waals surface area contributed by atoms with Crippen LogP contribution in [0.3, 0.4) is 0 Å². The molecule has 1 heterocycles. The average molecular weight is 197 g/mol. The van der Waals surface area contributed by atoms with Crippen LogP contribution < -0.4 is 0 Å². The zero-order chi connectivity index (χ0) is 10.1. The molecule has 1 aliphatic heterocycles. The van der Waals surface area contributed by atoms with E-state index in [1.807, 2.05) is 0 Å². The molecule has 0 aromatic rings. The fraction of sp³-hybridized carbons (Fsp3) is 0.909. The van der Waals surface area contributed by atoms with Crippen LogP contribution in [-0.4, -0.2) is 35.1 Å². The van der Waals surface area contributed by atoms with Gasteiger partial charge in [-0.3, -0.25) is 4.79 Å². The van der Waals surface area contributed by atoms with E-state index in [9.17, 15) is 4.79 Å². The molecule has 14 heavy (non-hydrogen) atoms. The van der Waals surface area contributed by atoms with Gasteiger partial charge >= 0.3 is 5.97 Å². The van der Waals surface area contributed by atoms with Crippen molar-refractivity contribution in [1.82, 2.24) is 4.90 Å². The predicted octanol–water partition coefficient (Wildman–Crippen LogP) is 1.58. The third-order valence-electron chi connectivity index (χ3n) is 3.61. The highest BCUT2D eigenvalue weighted by atomic mass is 16.4. The summed E-state index contributed by atoms with van der Waals surface area (Å²) in [5.41, 5.74) is 0. The molecule has 2 aliphatic rings. The lowest BCUT2D eigenvalue weighted by molar-refractivity contribution is -0.139. The normalized spacial score (nSPS) is 34.4. The number of hydrogen-bond donors (Lipinski definition) is 1. The molecule has 2 unspecified atom stereocenters. The second kappa shape index (κ2) is 3.89. The molecular formula is C11H19NO2. The van der Waals surface area contributed by atoms with Crippen LogP contribution in [0.15, 0.2) is 0 Å². The topological polar surface area (TPSA) is 40.5 Å². The van der Waals surface area contributed by atoms with Crippen molar-refractivity contribution in [3.8, 4) is 0 Å². The fourth-order valence-corrected chi connectivity index (χ4v) is 2.53. The van der Waals surface area contributed by atoms with Crippen LogP contribution in [0.5, 0.6) is 0 Å². The van der Waals surface area contributed by atoms with E-state index in [1.54, 1.807) is 0 Å². The predicted molar refractivity (Wildman–Crippen MR) is 54.1 cm³/mol. The Morgan fingerprint density at radius 1 is 1.43 bits per heavy atom. The molecule has 3 nitrogen and oxygen atoms in total. The van der Waals surface area contributed by atoms with Gasteiger partial charge in [0.25, 0.3) is 0 Å². The van der Waals surface area contributed by atoms with E-state index >= 15 is 0 Å². The van der Waals surface area contributed by atoms with Gasteiger partial charge in [-0.1, -0.05) is 6.92 Å². The first-order chi connectivity index (χ1) is 6.66. The van der Waals surface area contributed by atoms with Gasteiger partial charge in [0.15, 0.2) is 0 Å². The van der Waals surface area contributed by atoms with Crippen molar-refractivity contribution in [2.75, 3.05) is 13.1 Å². The van der Waals surface area contributed by atoms with Crippen LogP contribution in [0.4, 0.5) is 0 Å². The van der Waals surface area contributed by atoms with E-state index in [0.29, 0.717) is 18.3 Å². The van der Waals surface area contributed by atoms with Gasteiger partial charge in [-0.15, -0.1) is 0 Å². The Morgan fingerprint density at radius 2 is 2.14 bits per heavy atom. The molecule has 3 heteroatoms. The van der Waals surface area contributed by atoms with E-state index in [4.69, 9.17) is 5.11 Å². The molecule has 2 rings (SSSR count). The van der Waals surface area contributed by atoms with Gasteiger partial charge in [0.1, 0.15) is 0 Å². The van der Waals surface area contributed by atoms with Crippen LogP contribution in [-0.2, 0) is 4.79 Å². The van der Waals surface area contributed by atoms with E-state index in [-0.39, 0.29) is 0 Å². The van der Waals surface area contributed by atoms with Crippen molar-refractivity contribution in [2.24, 2.45) is 11.8 Å². The molecule has 1 saturated heterocycles. The Bertz CT molecular complexity index is 225. The Kier molecular flexibility index (Phi) is 2.77. The van der Waals surface area contributed by atoms with E-state index < -0.39 is 5.97 Å². The minimum atomic E-state index is -0.637. The maximum atomic E-state index is 10.6. The number of hydrogen-bond acceptors (Lipinski definition) is 2. The van der Waals surface area contributed by atoms with Gasteiger partial charge in [-0.2, -0.15) is 0 Å². The van der Waals surface area contributed by atoms with Crippen LogP contribution in [0.1, 0.15) is 32.6 Å². The first kappa shape index (κ1) is 9.97. The summed E-state index contributed by atoms with van der Waals surface area (Å²) in [6.45, 7) is 4.43. The first-order valence-corrected chi connectivity index (χ1v) is 5.62. The summed E-state index contributed by atoms with van der Waals surface area (Å²) in [6.07, 6.45) is 4.15. The minimum absolute atomic E-state index is 0.361. The van der Waals surface area contributed by atoms with Crippen LogP contribution in [0.25, 0.3) is 0 Å². The van der Waals surface area contributed by atoms with Crippen molar-refractivity contribution in [1.29, 1.82) is 0 Å². The van der Waals surface area contributed by atoms with Gasteiger partial charge < -0.3 is 10.0 Å². The highest BCUT2D eigenvalue weighted by Crippen LogP contribution is 2.34. The maximum Gasteiger partial charge on any atom is 0.303 e. The van der Waals surface area contributed by atoms with Gasteiger partial charge in [0, 0.05) is 19.0 Å². The number of carboxylic acids is 1. The molecule has 1 saturated carbocycles. The second-order valence-corrected chi connectivity index (χ2v) is 4.85. The van der Waals surface area contributed by atoms with Gasteiger partial charge in [-0.05, 0) is 37.6 Å². The SMILES string of the molecule is CC1CN(C2CC2)CCC1CC(=O)O. The largest absolute Gasteiger partial charge is 0.481 e. The molecule has 0 bridgehead atoms. The molecule has 1 aliphatic carbocycles. The van der Waals surface area contributed by atoms with Crippen molar-refractivity contribution >= 4 is 5.97 Å². The molecule has 0 aromatic carbocycles. The summed E-state index contributed by atoms with van der Waals surface area (Å²) in [6, 6.07) is 0.836. The number of carboxylic acid groups (broad SMARTS) is 1. The van der Waals surface area contributed by atoms with Gasteiger partial charge in [0.05, 0.1) is 0 Å². The van der Waals surface area contributed by atoms with Gasteiger partial charge in [0.2, 0.25) is 0 Å². The number of aliphatic carboxylic acids is 1. The number of nitrogens with zero attached hydrogens (tertiary/aromatic N) is 1. The molecular weight excluding hydrogens is 178 g/mol. The quantitative estimate of drug-likeness (QED) is 0.746. The highest BCUT2D eigenvalue weighted by molar-refractivity contribution is 5.67. The lowest BCUT2D eigenvalue weighted by Gasteiger charge is -2.36. The number of carbonyl (C=O) groups is 1. The monoisotopic (exact) mass is 197 g/mol. The standard InChI is InChI=1S/C11H19NO2/c1-8-7-12(10-2-3-10)5-4-9(8)6-11(13)14/h8-10H,2-7H2,1H3,(H,13,14). The lowest BCUT2D eigenvalue weighted by atomic mass is 9.84. The maximum absolute atomic E-state index is 10.6. The summed E-state index contributed by atoms with van der Waals surface area (Å²) in [5.74, 6) is 0.324. The molecule has 0 spiro atoms. The Hall–Kier alpha value is -0.570. The highest BCUT2D eigenvalue weighted by Gasteiger charge is 2.35. The number of likely N-dealkylation sites (tertiary alicyclic amines) is 1. The zero-order valence-corrected chi connectivity index (χ0v) is 8.78. The van der Waals surface area contributed by atoms with Crippen LogP contribution in [0, 0.1) is 11.8 Å². The minimum Gasteiger partial charge on any atom is -0.481 e. The lowest BCUT2D eigenvalue weighted by Crippen LogP contribution is -2.41.